The monoisotopic (exact) mass is 337 g/mol. The molecule has 1 aromatic heterocycles. The van der Waals surface area contributed by atoms with Gasteiger partial charge in [0.05, 0.1) is 29.4 Å². The summed E-state index contributed by atoms with van der Waals surface area (Å²) in [5, 5.41) is 12.8. The Morgan fingerprint density at radius 3 is 2.67 bits per heavy atom. The maximum absolute atomic E-state index is 12.8. The van der Waals surface area contributed by atoms with Gasteiger partial charge in [-0.25, -0.2) is 0 Å². The molecule has 2 aliphatic heterocycles. The van der Waals surface area contributed by atoms with Crippen molar-refractivity contribution in [2.24, 2.45) is 0 Å². The number of benzene rings is 1. The third-order valence-corrected chi connectivity index (χ3v) is 5.47. The zero-order valence-corrected chi connectivity index (χ0v) is 13.7. The number of rotatable bonds is 2. The number of anilines is 1. The van der Waals surface area contributed by atoms with E-state index < -0.39 is 0 Å². The van der Waals surface area contributed by atoms with E-state index in [1.54, 1.807) is 35.6 Å². The molecule has 2 aromatic rings. The largest absolute Gasteiger partial charge is 0.333 e. The molecule has 0 radical (unpaired) electrons. The molecule has 4 rings (SSSR count). The number of carbonyl (C=O) groups excluding carboxylic acids is 2. The van der Waals surface area contributed by atoms with E-state index in [4.69, 9.17) is 5.26 Å². The average molecular weight is 337 g/mol. The minimum Gasteiger partial charge on any atom is -0.333 e. The SMILES string of the molecule is N#Cc1ccc(C(=O)N2CC[C@@H]3[C@@H]2CC(=O)N3c2ccsc2)cc1. The summed E-state index contributed by atoms with van der Waals surface area (Å²) in [5.74, 6) is 0.0210. The van der Waals surface area contributed by atoms with Crippen LogP contribution in [0.25, 0.3) is 0 Å². The van der Waals surface area contributed by atoms with Crippen molar-refractivity contribution in [2.75, 3.05) is 11.4 Å². The zero-order chi connectivity index (χ0) is 16.7. The minimum absolute atomic E-state index is 0.0630. The van der Waals surface area contributed by atoms with Gasteiger partial charge in [-0.05, 0) is 42.1 Å². The average Bonchev–Trinajstić information content (AvgIpc) is 3.31. The lowest BCUT2D eigenvalue weighted by Gasteiger charge is -2.25. The fourth-order valence-corrected chi connectivity index (χ4v) is 4.31. The molecular weight excluding hydrogens is 322 g/mol. The van der Waals surface area contributed by atoms with E-state index >= 15 is 0 Å². The Morgan fingerprint density at radius 2 is 2.00 bits per heavy atom. The molecule has 0 N–H and O–H groups in total. The van der Waals surface area contributed by atoms with Gasteiger partial charge in [0.15, 0.2) is 0 Å². The number of nitriles is 1. The Kier molecular flexibility index (Phi) is 3.58. The number of hydrogen-bond acceptors (Lipinski definition) is 4. The molecule has 0 spiro atoms. The number of carbonyl (C=O) groups is 2. The highest BCUT2D eigenvalue weighted by Gasteiger charge is 2.49. The molecule has 3 heterocycles. The molecule has 0 unspecified atom stereocenters. The van der Waals surface area contributed by atoms with Crippen molar-refractivity contribution in [3.05, 3.63) is 52.2 Å². The summed E-state index contributed by atoms with van der Waals surface area (Å²) in [6.07, 6.45) is 1.18. The van der Waals surface area contributed by atoms with Crippen LogP contribution in [0.4, 0.5) is 5.69 Å². The number of thiophene rings is 1. The molecule has 0 saturated carbocycles. The van der Waals surface area contributed by atoms with Crippen LogP contribution in [-0.2, 0) is 4.79 Å². The minimum atomic E-state index is -0.0689. The smallest absolute Gasteiger partial charge is 0.254 e. The van der Waals surface area contributed by atoms with Crippen molar-refractivity contribution in [3.8, 4) is 6.07 Å². The molecule has 5 nitrogen and oxygen atoms in total. The van der Waals surface area contributed by atoms with Gasteiger partial charge < -0.3 is 9.80 Å². The Labute approximate surface area is 143 Å². The van der Waals surface area contributed by atoms with E-state index in [-0.39, 0.29) is 23.9 Å². The first-order valence-corrected chi connectivity index (χ1v) is 8.78. The molecule has 6 heteroatoms. The summed E-state index contributed by atoms with van der Waals surface area (Å²) >= 11 is 1.57. The predicted octanol–water partition coefficient (Wildman–Crippen LogP) is 2.64. The first kappa shape index (κ1) is 14.9. The van der Waals surface area contributed by atoms with E-state index in [2.05, 4.69) is 6.07 Å². The second-order valence-electron chi connectivity index (χ2n) is 6.06. The number of hydrogen-bond donors (Lipinski definition) is 0. The summed E-state index contributed by atoms with van der Waals surface area (Å²) in [5.41, 5.74) is 2.03. The van der Waals surface area contributed by atoms with Gasteiger partial charge >= 0.3 is 0 Å². The first-order chi connectivity index (χ1) is 11.7. The third kappa shape index (κ3) is 2.29. The lowest BCUT2D eigenvalue weighted by atomic mass is 10.1. The topological polar surface area (TPSA) is 64.4 Å². The van der Waals surface area contributed by atoms with Crippen LogP contribution in [-0.4, -0.2) is 35.3 Å². The summed E-state index contributed by atoms with van der Waals surface area (Å²) in [6, 6.07) is 10.7. The summed E-state index contributed by atoms with van der Waals surface area (Å²) in [4.78, 5) is 28.9. The predicted molar refractivity (Wildman–Crippen MR) is 90.8 cm³/mol. The van der Waals surface area contributed by atoms with Crippen LogP contribution in [0, 0.1) is 11.3 Å². The second kappa shape index (κ2) is 5.77. The molecule has 24 heavy (non-hydrogen) atoms. The van der Waals surface area contributed by atoms with Gasteiger partial charge in [0, 0.05) is 23.9 Å². The van der Waals surface area contributed by atoms with Gasteiger partial charge in [-0.2, -0.15) is 16.6 Å². The molecule has 2 atom stereocenters. The van der Waals surface area contributed by atoms with E-state index in [0.717, 1.165) is 12.1 Å². The highest BCUT2D eigenvalue weighted by atomic mass is 32.1. The van der Waals surface area contributed by atoms with Gasteiger partial charge in [-0.1, -0.05) is 0 Å². The van der Waals surface area contributed by atoms with E-state index in [9.17, 15) is 9.59 Å². The zero-order valence-electron chi connectivity index (χ0n) is 12.9. The second-order valence-corrected chi connectivity index (χ2v) is 6.84. The summed E-state index contributed by atoms with van der Waals surface area (Å²) in [6.45, 7) is 0.655. The molecule has 2 aliphatic rings. The number of amides is 2. The lowest BCUT2D eigenvalue weighted by molar-refractivity contribution is -0.117. The van der Waals surface area contributed by atoms with E-state index in [1.165, 1.54) is 0 Å². The highest BCUT2D eigenvalue weighted by Crippen LogP contribution is 2.37. The Morgan fingerprint density at radius 1 is 1.21 bits per heavy atom. The fourth-order valence-electron chi connectivity index (χ4n) is 3.68. The van der Waals surface area contributed by atoms with Crippen LogP contribution in [0.15, 0.2) is 41.1 Å². The summed E-state index contributed by atoms with van der Waals surface area (Å²) in [7, 11) is 0. The van der Waals surface area contributed by atoms with Crippen molar-refractivity contribution in [2.45, 2.75) is 24.9 Å². The van der Waals surface area contributed by atoms with Crippen molar-refractivity contribution < 1.29 is 9.59 Å². The first-order valence-electron chi connectivity index (χ1n) is 7.84. The maximum Gasteiger partial charge on any atom is 0.254 e. The van der Waals surface area contributed by atoms with Crippen LogP contribution >= 0.6 is 11.3 Å². The van der Waals surface area contributed by atoms with Crippen molar-refractivity contribution >= 4 is 28.8 Å². The molecule has 2 saturated heterocycles. The van der Waals surface area contributed by atoms with Crippen molar-refractivity contribution in [1.82, 2.24) is 4.90 Å². The maximum atomic E-state index is 12.8. The Balaban J connectivity index is 1.57. The van der Waals surface area contributed by atoms with Gasteiger partial charge in [-0.15, -0.1) is 0 Å². The number of nitrogens with zero attached hydrogens (tertiary/aromatic N) is 3. The molecule has 120 valence electrons. The van der Waals surface area contributed by atoms with Crippen molar-refractivity contribution in [3.63, 3.8) is 0 Å². The van der Waals surface area contributed by atoms with Gasteiger partial charge in [0.25, 0.3) is 5.91 Å². The molecular formula is C18H15N3O2S. The van der Waals surface area contributed by atoms with Crippen LogP contribution in [0.5, 0.6) is 0 Å². The van der Waals surface area contributed by atoms with Crippen LogP contribution in [0.2, 0.25) is 0 Å². The quantitative estimate of drug-likeness (QED) is 0.846. The molecule has 1 aromatic carbocycles. The fraction of sp³-hybridized carbons (Fsp3) is 0.278. The van der Waals surface area contributed by atoms with Gasteiger partial charge in [0.1, 0.15) is 0 Å². The lowest BCUT2D eigenvalue weighted by Crippen LogP contribution is -2.39. The Bertz CT molecular complexity index is 823. The molecule has 2 amide bonds. The van der Waals surface area contributed by atoms with Crippen molar-refractivity contribution in [1.29, 1.82) is 5.26 Å². The number of fused-ring (bicyclic) bond motifs is 1. The van der Waals surface area contributed by atoms with Gasteiger partial charge in [0.2, 0.25) is 5.91 Å². The van der Waals surface area contributed by atoms with Crippen LogP contribution in [0.1, 0.15) is 28.8 Å². The van der Waals surface area contributed by atoms with Crippen LogP contribution in [0.3, 0.4) is 0 Å². The normalized spacial score (nSPS) is 22.5. The Hall–Kier alpha value is -2.65. The van der Waals surface area contributed by atoms with E-state index in [0.29, 0.717) is 24.1 Å². The van der Waals surface area contributed by atoms with Crippen LogP contribution < -0.4 is 4.90 Å². The van der Waals surface area contributed by atoms with E-state index in [1.807, 2.05) is 26.6 Å². The molecule has 2 fully saturated rings. The van der Waals surface area contributed by atoms with Gasteiger partial charge in [-0.3, -0.25) is 9.59 Å². The number of likely N-dealkylation sites (tertiary alicyclic amines) is 1. The third-order valence-electron chi connectivity index (χ3n) is 4.80. The standard InChI is InChI=1S/C18H15N3O2S/c19-10-12-1-3-13(4-2-12)18(23)20-7-5-15-16(20)9-17(22)21(15)14-6-8-24-11-14/h1-4,6,8,11,15-16H,5,7,9H2/t15-,16+/m1/s1. The highest BCUT2D eigenvalue weighted by molar-refractivity contribution is 7.08. The molecule has 0 bridgehead atoms. The summed E-state index contributed by atoms with van der Waals surface area (Å²) < 4.78 is 0. The molecule has 0 aliphatic carbocycles.